The number of nitrogens with two attached hydrogens (primary N) is 1. The number of primary amides is 1. The molecule has 0 saturated carbocycles. The Labute approximate surface area is 131 Å². The standard InChI is InChI=1S/C13H15ClN6O2/c1-8-7-16-10(14)6-9(8)17-13(22)18-12-3-5-20(19-12)4-2-11(15)21/h3,5-7H,2,4H2,1H3,(H2,15,21)(H2,16,17,18,19,22). The van der Waals surface area contributed by atoms with Crippen LogP contribution in [-0.4, -0.2) is 26.7 Å². The second kappa shape index (κ2) is 6.90. The van der Waals surface area contributed by atoms with Gasteiger partial charge >= 0.3 is 6.03 Å². The van der Waals surface area contributed by atoms with Crippen LogP contribution in [0.15, 0.2) is 24.5 Å². The molecule has 2 aromatic rings. The molecule has 0 radical (unpaired) electrons. The highest BCUT2D eigenvalue weighted by Gasteiger charge is 2.08. The molecule has 8 nitrogen and oxygen atoms in total. The van der Waals surface area contributed by atoms with Crippen LogP contribution in [0.25, 0.3) is 0 Å². The lowest BCUT2D eigenvalue weighted by molar-refractivity contribution is -0.118. The lowest BCUT2D eigenvalue weighted by atomic mass is 10.2. The molecule has 0 aliphatic heterocycles. The van der Waals surface area contributed by atoms with Crippen LogP contribution >= 0.6 is 11.6 Å². The van der Waals surface area contributed by atoms with Crippen LogP contribution in [0.2, 0.25) is 5.15 Å². The van der Waals surface area contributed by atoms with Gasteiger partial charge in [0.15, 0.2) is 5.82 Å². The summed E-state index contributed by atoms with van der Waals surface area (Å²) in [5, 5.41) is 9.64. The molecule has 3 amide bonds. The van der Waals surface area contributed by atoms with Crippen LogP contribution < -0.4 is 16.4 Å². The number of aryl methyl sites for hydroxylation is 2. The van der Waals surface area contributed by atoms with E-state index in [4.69, 9.17) is 17.3 Å². The average molecular weight is 323 g/mol. The zero-order valence-corrected chi connectivity index (χ0v) is 12.6. The van der Waals surface area contributed by atoms with Crippen molar-refractivity contribution in [3.63, 3.8) is 0 Å². The third-order valence-corrected chi connectivity index (χ3v) is 2.99. The molecule has 2 rings (SSSR count). The number of pyridine rings is 1. The quantitative estimate of drug-likeness (QED) is 0.727. The fraction of sp³-hybridized carbons (Fsp3) is 0.231. The molecule has 0 aliphatic rings. The van der Waals surface area contributed by atoms with E-state index in [0.29, 0.717) is 18.1 Å². The minimum absolute atomic E-state index is 0.183. The first-order chi connectivity index (χ1) is 10.4. The van der Waals surface area contributed by atoms with E-state index in [0.717, 1.165) is 5.56 Å². The number of amides is 3. The summed E-state index contributed by atoms with van der Waals surface area (Å²) in [4.78, 5) is 26.5. The number of halogens is 1. The number of carbonyl (C=O) groups is 2. The topological polar surface area (TPSA) is 115 Å². The third-order valence-electron chi connectivity index (χ3n) is 2.79. The number of urea groups is 1. The van der Waals surface area contributed by atoms with Crippen molar-refractivity contribution >= 4 is 35.0 Å². The molecular formula is C13H15ClN6O2. The normalized spacial score (nSPS) is 10.3. The summed E-state index contributed by atoms with van der Waals surface area (Å²) in [7, 11) is 0. The Morgan fingerprint density at radius 3 is 2.91 bits per heavy atom. The maximum Gasteiger partial charge on any atom is 0.324 e. The Balaban J connectivity index is 1.94. The largest absolute Gasteiger partial charge is 0.370 e. The molecule has 0 unspecified atom stereocenters. The average Bonchev–Trinajstić information content (AvgIpc) is 2.88. The smallest absolute Gasteiger partial charge is 0.324 e. The van der Waals surface area contributed by atoms with Gasteiger partial charge in [-0.25, -0.2) is 9.78 Å². The second-order valence-electron chi connectivity index (χ2n) is 4.58. The summed E-state index contributed by atoms with van der Waals surface area (Å²) >= 11 is 5.79. The summed E-state index contributed by atoms with van der Waals surface area (Å²) in [6.45, 7) is 2.16. The summed E-state index contributed by atoms with van der Waals surface area (Å²) < 4.78 is 1.52. The number of carbonyl (C=O) groups excluding carboxylic acids is 2. The molecule has 0 bridgehead atoms. The van der Waals surface area contributed by atoms with Crippen molar-refractivity contribution in [2.45, 2.75) is 19.9 Å². The van der Waals surface area contributed by atoms with Crippen molar-refractivity contribution in [1.29, 1.82) is 0 Å². The zero-order chi connectivity index (χ0) is 16.1. The van der Waals surface area contributed by atoms with Gasteiger partial charge in [-0.05, 0) is 18.6 Å². The first-order valence-electron chi connectivity index (χ1n) is 6.46. The summed E-state index contributed by atoms with van der Waals surface area (Å²) in [5.74, 6) is -0.0485. The third kappa shape index (κ3) is 4.45. The highest BCUT2D eigenvalue weighted by Crippen LogP contribution is 2.17. The van der Waals surface area contributed by atoms with E-state index in [1.54, 1.807) is 31.5 Å². The molecule has 0 fully saturated rings. The van der Waals surface area contributed by atoms with E-state index < -0.39 is 11.9 Å². The number of nitrogens with zero attached hydrogens (tertiary/aromatic N) is 3. The van der Waals surface area contributed by atoms with Gasteiger partial charge in [0.25, 0.3) is 0 Å². The van der Waals surface area contributed by atoms with Crippen molar-refractivity contribution < 1.29 is 9.59 Å². The van der Waals surface area contributed by atoms with Gasteiger partial charge in [0.1, 0.15) is 5.15 Å². The second-order valence-corrected chi connectivity index (χ2v) is 4.97. The van der Waals surface area contributed by atoms with Crippen LogP contribution in [0.1, 0.15) is 12.0 Å². The minimum atomic E-state index is -0.453. The van der Waals surface area contributed by atoms with Crippen LogP contribution in [-0.2, 0) is 11.3 Å². The predicted molar refractivity (Wildman–Crippen MR) is 82.7 cm³/mol. The van der Waals surface area contributed by atoms with Crippen molar-refractivity contribution in [2.24, 2.45) is 5.73 Å². The van der Waals surface area contributed by atoms with Crippen molar-refractivity contribution in [3.8, 4) is 0 Å². The van der Waals surface area contributed by atoms with E-state index in [1.807, 2.05) is 0 Å². The van der Waals surface area contributed by atoms with E-state index in [2.05, 4.69) is 20.7 Å². The Kier molecular flexibility index (Phi) is 4.95. The van der Waals surface area contributed by atoms with Crippen molar-refractivity contribution in [3.05, 3.63) is 35.2 Å². The summed E-state index contributed by atoms with van der Waals surface area (Å²) in [6, 6.07) is 2.72. The fourth-order valence-electron chi connectivity index (χ4n) is 1.68. The molecule has 0 aromatic carbocycles. The molecule has 0 spiro atoms. The molecule has 0 atom stereocenters. The molecule has 4 N–H and O–H groups in total. The van der Waals surface area contributed by atoms with Gasteiger partial charge in [0, 0.05) is 37.1 Å². The van der Waals surface area contributed by atoms with Crippen molar-refractivity contribution in [2.75, 3.05) is 10.6 Å². The fourth-order valence-corrected chi connectivity index (χ4v) is 1.84. The van der Waals surface area contributed by atoms with Gasteiger partial charge in [-0.2, -0.15) is 5.10 Å². The number of hydrogen-bond donors (Lipinski definition) is 3. The van der Waals surface area contributed by atoms with Gasteiger partial charge in [-0.3, -0.25) is 14.8 Å². The van der Waals surface area contributed by atoms with Gasteiger partial charge in [-0.1, -0.05) is 11.6 Å². The Hall–Kier alpha value is -2.61. The molecular weight excluding hydrogens is 308 g/mol. The molecule has 2 heterocycles. The molecule has 9 heteroatoms. The number of hydrogen-bond acceptors (Lipinski definition) is 4. The first-order valence-corrected chi connectivity index (χ1v) is 6.84. The Morgan fingerprint density at radius 2 is 2.18 bits per heavy atom. The highest BCUT2D eigenvalue weighted by molar-refractivity contribution is 6.29. The van der Waals surface area contributed by atoms with E-state index >= 15 is 0 Å². The molecule has 116 valence electrons. The number of nitrogens with one attached hydrogen (secondary N) is 2. The Morgan fingerprint density at radius 1 is 1.41 bits per heavy atom. The van der Waals surface area contributed by atoms with E-state index in [1.165, 1.54) is 4.68 Å². The zero-order valence-electron chi connectivity index (χ0n) is 11.8. The first kappa shape index (κ1) is 15.8. The predicted octanol–water partition coefficient (Wildman–Crippen LogP) is 1.76. The SMILES string of the molecule is Cc1cnc(Cl)cc1NC(=O)Nc1ccn(CCC(N)=O)n1. The van der Waals surface area contributed by atoms with Crippen LogP contribution in [0.4, 0.5) is 16.3 Å². The summed E-state index contributed by atoms with van der Waals surface area (Å²) in [5.41, 5.74) is 6.41. The monoisotopic (exact) mass is 322 g/mol. The number of rotatable bonds is 5. The number of anilines is 2. The van der Waals surface area contributed by atoms with Gasteiger partial charge < -0.3 is 11.1 Å². The number of aromatic nitrogens is 3. The van der Waals surface area contributed by atoms with Crippen LogP contribution in [0, 0.1) is 6.92 Å². The Bertz CT molecular complexity index is 700. The maximum absolute atomic E-state index is 11.9. The van der Waals surface area contributed by atoms with Gasteiger partial charge in [-0.15, -0.1) is 0 Å². The highest BCUT2D eigenvalue weighted by atomic mass is 35.5. The van der Waals surface area contributed by atoms with E-state index in [9.17, 15) is 9.59 Å². The minimum Gasteiger partial charge on any atom is -0.370 e. The van der Waals surface area contributed by atoms with Crippen molar-refractivity contribution in [1.82, 2.24) is 14.8 Å². The lowest BCUT2D eigenvalue weighted by Crippen LogP contribution is -2.20. The molecule has 0 saturated heterocycles. The van der Waals surface area contributed by atoms with Gasteiger partial charge in [0.05, 0.1) is 0 Å². The van der Waals surface area contributed by atoms with Gasteiger partial charge in [0.2, 0.25) is 5.91 Å². The summed E-state index contributed by atoms with van der Waals surface area (Å²) in [6.07, 6.45) is 3.39. The molecule has 0 aliphatic carbocycles. The molecule has 22 heavy (non-hydrogen) atoms. The van der Waals surface area contributed by atoms with Crippen LogP contribution in [0.3, 0.4) is 0 Å². The van der Waals surface area contributed by atoms with Crippen LogP contribution in [0.5, 0.6) is 0 Å². The molecule has 2 aromatic heterocycles. The lowest BCUT2D eigenvalue weighted by Gasteiger charge is -2.08. The van der Waals surface area contributed by atoms with E-state index in [-0.39, 0.29) is 11.6 Å². The maximum atomic E-state index is 11.9.